The molecule has 3 heteroatoms. The van der Waals surface area contributed by atoms with E-state index in [0.29, 0.717) is 6.47 Å². The van der Waals surface area contributed by atoms with Crippen LogP contribution < -0.4 is 5.48 Å². The molecule has 1 N–H and O–H groups in total. The fourth-order valence-corrected chi connectivity index (χ4v) is 0.801. The molecule has 3 nitrogen and oxygen atoms in total. The third kappa shape index (κ3) is 2.29. The summed E-state index contributed by atoms with van der Waals surface area (Å²) in [6.07, 6.45) is 0. The minimum Gasteiger partial charge on any atom is -0.347 e. The van der Waals surface area contributed by atoms with Crippen LogP contribution in [0, 0.1) is 6.92 Å². The molecular formula is C8H9NO2. The van der Waals surface area contributed by atoms with Crippen molar-refractivity contribution in [2.75, 3.05) is 5.48 Å². The van der Waals surface area contributed by atoms with Gasteiger partial charge in [-0.2, -0.15) is 0 Å². The first kappa shape index (κ1) is 7.60. The van der Waals surface area contributed by atoms with E-state index in [-0.39, 0.29) is 0 Å². The second-order valence-corrected chi connectivity index (χ2v) is 2.19. The highest BCUT2D eigenvalue weighted by molar-refractivity contribution is 5.47. The Hall–Kier alpha value is -1.51. The van der Waals surface area contributed by atoms with Gasteiger partial charge in [0.1, 0.15) is 0 Å². The van der Waals surface area contributed by atoms with Gasteiger partial charge in [0, 0.05) is 0 Å². The first-order chi connectivity index (χ1) is 5.33. The van der Waals surface area contributed by atoms with Crippen LogP contribution in [0.3, 0.4) is 0 Å². The van der Waals surface area contributed by atoms with Crippen molar-refractivity contribution in [2.45, 2.75) is 6.92 Å². The topological polar surface area (TPSA) is 38.3 Å². The molecule has 0 spiro atoms. The summed E-state index contributed by atoms with van der Waals surface area (Å²) in [5.74, 6) is 0. The van der Waals surface area contributed by atoms with Crippen LogP contribution in [0.25, 0.3) is 0 Å². The summed E-state index contributed by atoms with van der Waals surface area (Å²) in [5.41, 5.74) is 4.36. The predicted molar refractivity (Wildman–Crippen MR) is 42.0 cm³/mol. The van der Waals surface area contributed by atoms with Gasteiger partial charge in [-0.15, -0.1) is 0 Å². The van der Waals surface area contributed by atoms with E-state index in [1.807, 2.05) is 31.2 Å². The highest BCUT2D eigenvalue weighted by atomic mass is 16.7. The molecule has 0 saturated heterocycles. The molecule has 0 fully saturated rings. The van der Waals surface area contributed by atoms with Crippen molar-refractivity contribution < 1.29 is 9.63 Å². The smallest absolute Gasteiger partial charge is 0.320 e. The number of nitrogens with one attached hydrogen (secondary N) is 1. The van der Waals surface area contributed by atoms with Gasteiger partial charge >= 0.3 is 6.47 Å². The fraction of sp³-hybridized carbons (Fsp3) is 0.125. The summed E-state index contributed by atoms with van der Waals surface area (Å²) < 4.78 is 0. The maximum absolute atomic E-state index is 9.78. The first-order valence-corrected chi connectivity index (χ1v) is 3.25. The summed E-state index contributed by atoms with van der Waals surface area (Å²) >= 11 is 0. The average molecular weight is 151 g/mol. The lowest BCUT2D eigenvalue weighted by Gasteiger charge is -2.01. The Bertz CT molecular complexity index is 248. The van der Waals surface area contributed by atoms with Gasteiger partial charge in [0.05, 0.1) is 5.69 Å². The fourth-order valence-electron chi connectivity index (χ4n) is 0.801. The van der Waals surface area contributed by atoms with Crippen LogP contribution in [-0.2, 0) is 9.63 Å². The van der Waals surface area contributed by atoms with Crippen LogP contribution in [-0.4, -0.2) is 6.47 Å². The van der Waals surface area contributed by atoms with E-state index in [4.69, 9.17) is 0 Å². The SMILES string of the molecule is Cc1cccc(NOC=O)c1. The van der Waals surface area contributed by atoms with E-state index in [9.17, 15) is 4.79 Å². The normalized spacial score (nSPS) is 8.82. The number of rotatable bonds is 3. The molecule has 0 amide bonds. The van der Waals surface area contributed by atoms with Crippen molar-refractivity contribution in [3.05, 3.63) is 29.8 Å². The van der Waals surface area contributed by atoms with Crippen molar-refractivity contribution >= 4 is 12.2 Å². The molecule has 1 aromatic rings. The van der Waals surface area contributed by atoms with Gasteiger partial charge in [0.15, 0.2) is 0 Å². The first-order valence-electron chi connectivity index (χ1n) is 3.25. The van der Waals surface area contributed by atoms with E-state index in [2.05, 4.69) is 10.3 Å². The Kier molecular flexibility index (Phi) is 2.49. The molecule has 0 unspecified atom stereocenters. The molecule has 0 bridgehead atoms. The number of hydrogen-bond acceptors (Lipinski definition) is 3. The summed E-state index contributed by atoms with van der Waals surface area (Å²) in [5, 5.41) is 0. The van der Waals surface area contributed by atoms with Gasteiger partial charge in [-0.1, -0.05) is 12.1 Å². The Morgan fingerprint density at radius 1 is 1.55 bits per heavy atom. The average Bonchev–Trinajstić information content (AvgIpc) is 2.01. The van der Waals surface area contributed by atoms with Gasteiger partial charge < -0.3 is 4.84 Å². The summed E-state index contributed by atoms with van der Waals surface area (Å²) in [6, 6.07) is 7.54. The second-order valence-electron chi connectivity index (χ2n) is 2.19. The van der Waals surface area contributed by atoms with Crippen molar-refractivity contribution in [3.63, 3.8) is 0 Å². The molecule has 1 rings (SSSR count). The summed E-state index contributed by atoms with van der Waals surface area (Å²) in [7, 11) is 0. The molecule has 0 aliphatic rings. The molecule has 58 valence electrons. The molecule has 0 aromatic heterocycles. The summed E-state index contributed by atoms with van der Waals surface area (Å²) in [4.78, 5) is 14.1. The Balaban J connectivity index is 2.63. The van der Waals surface area contributed by atoms with Crippen molar-refractivity contribution in [1.82, 2.24) is 0 Å². The highest BCUT2D eigenvalue weighted by Crippen LogP contribution is 2.08. The minimum atomic E-state index is 0.350. The molecule has 0 heterocycles. The number of aryl methyl sites for hydroxylation is 1. The molecule has 0 aliphatic carbocycles. The van der Waals surface area contributed by atoms with E-state index in [0.717, 1.165) is 11.3 Å². The van der Waals surface area contributed by atoms with Crippen molar-refractivity contribution in [2.24, 2.45) is 0 Å². The molecule has 0 radical (unpaired) electrons. The third-order valence-electron chi connectivity index (χ3n) is 1.24. The molecular weight excluding hydrogens is 142 g/mol. The lowest BCUT2D eigenvalue weighted by molar-refractivity contribution is -0.126. The van der Waals surface area contributed by atoms with Crippen molar-refractivity contribution in [1.29, 1.82) is 0 Å². The Morgan fingerprint density at radius 2 is 2.36 bits per heavy atom. The van der Waals surface area contributed by atoms with E-state index >= 15 is 0 Å². The van der Waals surface area contributed by atoms with Gasteiger partial charge in [-0.05, 0) is 24.6 Å². The Labute approximate surface area is 64.9 Å². The van der Waals surface area contributed by atoms with Crippen LogP contribution in [0.5, 0.6) is 0 Å². The maximum Gasteiger partial charge on any atom is 0.320 e. The number of hydrogen-bond donors (Lipinski definition) is 1. The third-order valence-corrected chi connectivity index (χ3v) is 1.24. The van der Waals surface area contributed by atoms with Gasteiger partial charge in [-0.3, -0.25) is 4.79 Å². The van der Waals surface area contributed by atoms with Crippen LogP contribution >= 0.6 is 0 Å². The Morgan fingerprint density at radius 3 is 3.00 bits per heavy atom. The maximum atomic E-state index is 9.78. The zero-order valence-electron chi connectivity index (χ0n) is 6.20. The van der Waals surface area contributed by atoms with E-state index in [1.165, 1.54) is 0 Å². The molecule has 0 aliphatic heterocycles. The number of carbonyl (C=O) groups is 1. The monoisotopic (exact) mass is 151 g/mol. The van der Waals surface area contributed by atoms with Gasteiger partial charge in [0.25, 0.3) is 0 Å². The zero-order valence-corrected chi connectivity index (χ0v) is 6.20. The quantitative estimate of drug-likeness (QED) is 0.525. The van der Waals surface area contributed by atoms with Gasteiger partial charge in [-0.25, -0.2) is 5.48 Å². The summed E-state index contributed by atoms with van der Waals surface area (Å²) in [6.45, 7) is 2.31. The van der Waals surface area contributed by atoms with Gasteiger partial charge in [0.2, 0.25) is 0 Å². The molecule has 0 saturated carbocycles. The van der Waals surface area contributed by atoms with Crippen LogP contribution in [0.4, 0.5) is 5.69 Å². The van der Waals surface area contributed by atoms with E-state index < -0.39 is 0 Å². The standard InChI is InChI=1S/C8H9NO2/c1-7-3-2-4-8(5-7)9-11-6-10/h2-6,9H,1H3. The highest BCUT2D eigenvalue weighted by Gasteiger charge is 1.89. The number of benzene rings is 1. The second kappa shape index (κ2) is 3.61. The van der Waals surface area contributed by atoms with E-state index in [1.54, 1.807) is 0 Å². The van der Waals surface area contributed by atoms with Crippen molar-refractivity contribution in [3.8, 4) is 0 Å². The predicted octanol–water partition coefficient (Wildman–Crippen LogP) is 1.49. The van der Waals surface area contributed by atoms with Crippen LogP contribution in [0.2, 0.25) is 0 Å². The molecule has 1 aromatic carbocycles. The molecule has 0 atom stereocenters. The largest absolute Gasteiger partial charge is 0.347 e. The minimum absolute atomic E-state index is 0.350. The number of carbonyl (C=O) groups excluding carboxylic acids is 1. The lowest BCUT2D eigenvalue weighted by atomic mass is 10.2. The number of anilines is 1. The van der Waals surface area contributed by atoms with Crippen LogP contribution in [0.15, 0.2) is 24.3 Å². The van der Waals surface area contributed by atoms with Crippen LogP contribution in [0.1, 0.15) is 5.56 Å². The zero-order chi connectivity index (χ0) is 8.10. The molecule has 11 heavy (non-hydrogen) atoms. The lowest BCUT2D eigenvalue weighted by Crippen LogP contribution is -1.97.